The molecule has 1 aliphatic rings. The van der Waals surface area contributed by atoms with Gasteiger partial charge in [0.1, 0.15) is 11.8 Å². The van der Waals surface area contributed by atoms with Crippen molar-refractivity contribution >= 4 is 5.91 Å². The van der Waals surface area contributed by atoms with Crippen molar-refractivity contribution in [3.05, 3.63) is 17.5 Å². The molecule has 0 spiro atoms. The number of hydrogen-bond donors (Lipinski definition) is 2. The van der Waals surface area contributed by atoms with Crippen LogP contribution in [0.2, 0.25) is 0 Å². The second kappa shape index (κ2) is 7.10. The van der Waals surface area contributed by atoms with Crippen LogP contribution in [0.3, 0.4) is 0 Å². The van der Waals surface area contributed by atoms with E-state index in [2.05, 4.69) is 15.8 Å². The minimum Gasteiger partial charge on any atom is -0.360 e. The van der Waals surface area contributed by atoms with Gasteiger partial charge in [-0.2, -0.15) is 13.2 Å². The minimum atomic E-state index is -4.41. The van der Waals surface area contributed by atoms with E-state index in [1.165, 1.54) is 11.0 Å². The molecule has 1 unspecified atom stereocenters. The number of alkyl halides is 3. The van der Waals surface area contributed by atoms with Gasteiger partial charge in [-0.1, -0.05) is 25.9 Å². The SMILES string of the molecule is CC(C)(C)c1cc(C(=O)NCC(N2CCNCC2)C(F)(F)F)no1. The third-order valence-electron chi connectivity index (χ3n) is 3.91. The predicted molar refractivity (Wildman–Crippen MR) is 81.8 cm³/mol. The summed E-state index contributed by atoms with van der Waals surface area (Å²) in [5.41, 5.74) is -0.345. The Morgan fingerprint density at radius 3 is 2.50 bits per heavy atom. The number of rotatable bonds is 4. The van der Waals surface area contributed by atoms with Crippen LogP contribution in [-0.4, -0.2) is 60.9 Å². The number of nitrogens with one attached hydrogen (secondary N) is 2. The van der Waals surface area contributed by atoms with E-state index in [0.717, 1.165) is 0 Å². The fourth-order valence-electron chi connectivity index (χ4n) is 2.46. The van der Waals surface area contributed by atoms with Crippen LogP contribution < -0.4 is 10.6 Å². The Balaban J connectivity index is 2.00. The summed E-state index contributed by atoms with van der Waals surface area (Å²) in [7, 11) is 0. The van der Waals surface area contributed by atoms with Gasteiger partial charge in [-0.05, 0) is 0 Å². The highest BCUT2D eigenvalue weighted by atomic mass is 19.4. The first-order valence-electron chi connectivity index (χ1n) is 7.86. The minimum absolute atomic E-state index is 0.0128. The van der Waals surface area contributed by atoms with E-state index in [1.54, 1.807) is 0 Å². The van der Waals surface area contributed by atoms with Gasteiger partial charge < -0.3 is 15.2 Å². The molecule has 24 heavy (non-hydrogen) atoms. The zero-order valence-corrected chi connectivity index (χ0v) is 14.0. The first-order valence-corrected chi connectivity index (χ1v) is 7.86. The molecule has 0 aromatic carbocycles. The molecule has 1 atom stereocenters. The number of hydrogen-bond acceptors (Lipinski definition) is 5. The van der Waals surface area contributed by atoms with Gasteiger partial charge in [0.2, 0.25) is 0 Å². The number of carbonyl (C=O) groups is 1. The van der Waals surface area contributed by atoms with Crippen molar-refractivity contribution in [1.29, 1.82) is 0 Å². The molecule has 2 N–H and O–H groups in total. The van der Waals surface area contributed by atoms with Crippen LogP contribution in [0.1, 0.15) is 37.0 Å². The summed E-state index contributed by atoms with van der Waals surface area (Å²) in [6.07, 6.45) is -4.41. The summed E-state index contributed by atoms with van der Waals surface area (Å²) in [6, 6.07) is -0.250. The number of nitrogens with zero attached hydrogens (tertiary/aromatic N) is 2. The van der Waals surface area contributed by atoms with Crippen LogP contribution in [0, 0.1) is 0 Å². The van der Waals surface area contributed by atoms with E-state index >= 15 is 0 Å². The van der Waals surface area contributed by atoms with Crippen LogP contribution >= 0.6 is 0 Å². The maximum Gasteiger partial charge on any atom is 0.405 e. The zero-order chi connectivity index (χ0) is 18.0. The number of aromatic nitrogens is 1. The predicted octanol–water partition coefficient (Wildman–Crippen LogP) is 1.54. The zero-order valence-electron chi connectivity index (χ0n) is 14.0. The molecule has 1 amide bonds. The molecule has 1 aromatic rings. The third-order valence-corrected chi connectivity index (χ3v) is 3.91. The van der Waals surface area contributed by atoms with Gasteiger partial charge in [0.25, 0.3) is 5.91 Å². The number of halogens is 3. The fourth-order valence-corrected chi connectivity index (χ4v) is 2.46. The average Bonchev–Trinajstić information content (AvgIpc) is 2.97. The fraction of sp³-hybridized carbons (Fsp3) is 0.733. The Morgan fingerprint density at radius 1 is 1.38 bits per heavy atom. The van der Waals surface area contributed by atoms with Gasteiger partial charge in [0.05, 0.1) is 0 Å². The third kappa shape index (κ3) is 4.70. The second-order valence-electron chi connectivity index (χ2n) is 6.88. The number of carbonyl (C=O) groups excluding carboxylic acids is 1. The lowest BCUT2D eigenvalue weighted by Crippen LogP contribution is -2.57. The molecule has 136 valence electrons. The van der Waals surface area contributed by atoms with Gasteiger partial charge in [0, 0.05) is 44.2 Å². The van der Waals surface area contributed by atoms with E-state index < -0.39 is 24.7 Å². The molecular formula is C15H23F3N4O2. The molecule has 9 heteroatoms. The summed E-state index contributed by atoms with van der Waals surface area (Å²) >= 11 is 0. The molecular weight excluding hydrogens is 325 g/mol. The Kier molecular flexibility index (Phi) is 5.54. The first kappa shape index (κ1) is 18.7. The largest absolute Gasteiger partial charge is 0.405 e. The average molecular weight is 348 g/mol. The highest BCUT2D eigenvalue weighted by Crippen LogP contribution is 2.25. The van der Waals surface area contributed by atoms with Crippen molar-refractivity contribution in [2.24, 2.45) is 0 Å². The van der Waals surface area contributed by atoms with Crippen molar-refractivity contribution in [3.8, 4) is 0 Å². The van der Waals surface area contributed by atoms with Crippen molar-refractivity contribution in [2.75, 3.05) is 32.7 Å². The van der Waals surface area contributed by atoms with Gasteiger partial charge in [0.15, 0.2) is 5.69 Å². The molecule has 2 rings (SSSR count). The highest BCUT2D eigenvalue weighted by Gasteiger charge is 2.44. The lowest BCUT2D eigenvalue weighted by molar-refractivity contribution is -0.183. The lowest BCUT2D eigenvalue weighted by atomic mass is 9.93. The molecule has 0 bridgehead atoms. The van der Waals surface area contributed by atoms with Crippen LogP contribution in [0.4, 0.5) is 13.2 Å². The summed E-state index contributed by atoms with van der Waals surface area (Å²) in [6.45, 7) is 6.73. The number of amides is 1. The molecule has 2 heterocycles. The van der Waals surface area contributed by atoms with E-state index in [1.807, 2.05) is 20.8 Å². The molecule has 6 nitrogen and oxygen atoms in total. The molecule has 1 aliphatic heterocycles. The topological polar surface area (TPSA) is 70.4 Å². The summed E-state index contributed by atoms with van der Waals surface area (Å²) in [5.74, 6) is -0.166. The monoisotopic (exact) mass is 348 g/mol. The van der Waals surface area contributed by atoms with E-state index in [0.29, 0.717) is 18.8 Å². The first-order chi connectivity index (χ1) is 11.1. The molecule has 0 saturated carbocycles. The van der Waals surface area contributed by atoms with Crippen molar-refractivity contribution < 1.29 is 22.5 Å². The Morgan fingerprint density at radius 2 is 2.00 bits per heavy atom. The smallest absolute Gasteiger partial charge is 0.360 e. The molecule has 0 radical (unpaired) electrons. The van der Waals surface area contributed by atoms with Gasteiger partial charge in [-0.3, -0.25) is 9.69 Å². The second-order valence-corrected chi connectivity index (χ2v) is 6.88. The number of piperazine rings is 1. The summed E-state index contributed by atoms with van der Waals surface area (Å²) < 4.78 is 44.9. The van der Waals surface area contributed by atoms with E-state index in [4.69, 9.17) is 4.52 Å². The van der Waals surface area contributed by atoms with Crippen molar-refractivity contribution in [2.45, 2.75) is 38.4 Å². The van der Waals surface area contributed by atoms with Gasteiger partial charge in [-0.15, -0.1) is 0 Å². The van der Waals surface area contributed by atoms with Gasteiger partial charge >= 0.3 is 6.18 Å². The highest BCUT2D eigenvalue weighted by molar-refractivity contribution is 5.92. The van der Waals surface area contributed by atoms with Crippen LogP contribution in [0.25, 0.3) is 0 Å². The maximum absolute atomic E-state index is 13.3. The molecule has 0 aliphatic carbocycles. The normalized spacial score (nSPS) is 18.4. The van der Waals surface area contributed by atoms with E-state index in [-0.39, 0.29) is 24.2 Å². The summed E-state index contributed by atoms with van der Waals surface area (Å²) in [4.78, 5) is 13.4. The van der Waals surface area contributed by atoms with Crippen LogP contribution in [0.15, 0.2) is 10.6 Å². The standard InChI is InChI=1S/C15H23F3N4O2/c1-14(2,3)12-8-10(21-24-12)13(23)20-9-11(15(16,17)18)22-6-4-19-5-7-22/h8,11,19H,4-7,9H2,1-3H3,(H,20,23). The Hall–Kier alpha value is -1.61. The quantitative estimate of drug-likeness (QED) is 0.864. The van der Waals surface area contributed by atoms with E-state index in [9.17, 15) is 18.0 Å². The molecule has 1 aromatic heterocycles. The molecule has 1 fully saturated rings. The Bertz CT molecular complexity index is 560. The van der Waals surface area contributed by atoms with Crippen LogP contribution in [-0.2, 0) is 5.41 Å². The van der Waals surface area contributed by atoms with Crippen molar-refractivity contribution in [3.63, 3.8) is 0 Å². The summed E-state index contributed by atoms with van der Waals surface area (Å²) in [5, 5.41) is 8.98. The van der Waals surface area contributed by atoms with Crippen LogP contribution in [0.5, 0.6) is 0 Å². The van der Waals surface area contributed by atoms with Gasteiger partial charge in [-0.25, -0.2) is 0 Å². The van der Waals surface area contributed by atoms with Crippen molar-refractivity contribution in [1.82, 2.24) is 20.7 Å². The Labute approximate surface area is 138 Å². The maximum atomic E-state index is 13.3. The molecule has 1 saturated heterocycles. The lowest BCUT2D eigenvalue weighted by Gasteiger charge is -2.35.